The Labute approximate surface area is 162 Å². The van der Waals surface area contributed by atoms with Gasteiger partial charge in [0, 0.05) is 12.5 Å². The van der Waals surface area contributed by atoms with Crippen molar-refractivity contribution >= 4 is 23.4 Å². The Bertz CT molecular complexity index is 908. The van der Waals surface area contributed by atoms with Crippen molar-refractivity contribution in [1.29, 1.82) is 0 Å². The molecule has 0 aromatic heterocycles. The molecular formula is C22H21FN2O3. The van der Waals surface area contributed by atoms with Gasteiger partial charge in [0.15, 0.2) is 0 Å². The lowest BCUT2D eigenvalue weighted by Gasteiger charge is -2.32. The molecule has 0 bridgehead atoms. The van der Waals surface area contributed by atoms with E-state index in [1.54, 1.807) is 36.4 Å². The first-order chi connectivity index (χ1) is 13.6. The molecule has 1 saturated carbocycles. The normalized spacial score (nSPS) is 21.5. The predicted octanol–water partition coefficient (Wildman–Crippen LogP) is 3.87. The molecule has 6 heteroatoms. The summed E-state index contributed by atoms with van der Waals surface area (Å²) in [4.78, 5) is 39.4. The molecule has 0 radical (unpaired) electrons. The number of imide groups is 1. The van der Waals surface area contributed by atoms with Gasteiger partial charge < -0.3 is 5.32 Å². The maximum absolute atomic E-state index is 13.9. The minimum atomic E-state index is -0.483. The van der Waals surface area contributed by atoms with Gasteiger partial charge in [-0.05, 0) is 43.0 Å². The molecule has 1 aliphatic heterocycles. The van der Waals surface area contributed by atoms with Crippen LogP contribution in [0, 0.1) is 17.7 Å². The molecule has 4 rings (SSSR count). The molecule has 5 nitrogen and oxygen atoms in total. The number of halogens is 1. The number of amides is 3. The molecule has 3 amide bonds. The highest BCUT2D eigenvalue weighted by Crippen LogP contribution is 2.34. The van der Waals surface area contributed by atoms with Crippen LogP contribution >= 0.6 is 0 Å². The molecule has 2 aliphatic rings. The minimum Gasteiger partial charge on any atom is -0.323 e. The Morgan fingerprint density at radius 3 is 2.25 bits per heavy atom. The third kappa shape index (κ3) is 3.30. The zero-order valence-electron chi connectivity index (χ0n) is 15.4. The Kier molecular flexibility index (Phi) is 4.94. The lowest BCUT2D eigenvalue weighted by atomic mass is 9.78. The predicted molar refractivity (Wildman–Crippen MR) is 102 cm³/mol. The van der Waals surface area contributed by atoms with Gasteiger partial charge in [-0.2, -0.15) is 0 Å². The number of carbonyl (C=O) groups is 3. The number of hydrogen-bond acceptors (Lipinski definition) is 3. The van der Waals surface area contributed by atoms with Gasteiger partial charge >= 0.3 is 0 Å². The lowest BCUT2D eigenvalue weighted by molar-refractivity contribution is -0.122. The summed E-state index contributed by atoms with van der Waals surface area (Å²) in [6.45, 7) is 0.210. The standard InChI is InChI=1S/C22H21FN2O3/c23-18-11-5-6-12-19(18)24-20(26)15-8-2-1-7-14(15)13-25-21(27)16-9-3-4-10-17(16)22(25)28/h3-6,9-12,14-15H,1-2,7-8,13H2,(H,24,26). The average Bonchev–Trinajstić information content (AvgIpc) is 2.95. The fourth-order valence-corrected chi connectivity index (χ4v) is 4.20. The fraction of sp³-hybridized carbons (Fsp3) is 0.318. The second-order valence-electron chi connectivity index (χ2n) is 7.39. The smallest absolute Gasteiger partial charge is 0.261 e. The molecule has 144 valence electrons. The van der Waals surface area contributed by atoms with E-state index in [0.717, 1.165) is 19.3 Å². The van der Waals surface area contributed by atoms with Gasteiger partial charge in [-0.25, -0.2) is 4.39 Å². The van der Waals surface area contributed by atoms with Gasteiger partial charge in [-0.15, -0.1) is 0 Å². The van der Waals surface area contributed by atoms with Crippen molar-refractivity contribution in [2.75, 3.05) is 11.9 Å². The minimum absolute atomic E-state index is 0.136. The van der Waals surface area contributed by atoms with Crippen LogP contribution in [-0.4, -0.2) is 29.2 Å². The van der Waals surface area contributed by atoms with Crippen molar-refractivity contribution in [3.05, 3.63) is 65.5 Å². The van der Waals surface area contributed by atoms with Crippen LogP contribution in [0.3, 0.4) is 0 Å². The number of hydrogen-bond donors (Lipinski definition) is 1. The average molecular weight is 380 g/mol. The first-order valence-electron chi connectivity index (χ1n) is 9.57. The largest absolute Gasteiger partial charge is 0.323 e. The summed E-state index contributed by atoms with van der Waals surface area (Å²) >= 11 is 0. The van der Waals surface area contributed by atoms with Crippen LogP contribution < -0.4 is 5.32 Å². The van der Waals surface area contributed by atoms with E-state index in [9.17, 15) is 18.8 Å². The van der Waals surface area contributed by atoms with E-state index < -0.39 is 5.82 Å². The zero-order chi connectivity index (χ0) is 19.7. The van der Waals surface area contributed by atoms with Crippen molar-refractivity contribution in [2.24, 2.45) is 11.8 Å². The van der Waals surface area contributed by atoms with Crippen LogP contribution in [0.1, 0.15) is 46.4 Å². The molecule has 1 fully saturated rings. The highest BCUT2D eigenvalue weighted by atomic mass is 19.1. The summed E-state index contributed by atoms with van der Waals surface area (Å²) in [5.41, 5.74) is 0.976. The first-order valence-corrected chi connectivity index (χ1v) is 9.57. The van der Waals surface area contributed by atoms with E-state index in [1.807, 2.05) is 0 Å². The number of benzene rings is 2. The Hall–Kier alpha value is -3.02. The number of carbonyl (C=O) groups excluding carboxylic acids is 3. The van der Waals surface area contributed by atoms with Gasteiger partial charge in [0.05, 0.1) is 16.8 Å². The van der Waals surface area contributed by atoms with Crippen molar-refractivity contribution in [3.8, 4) is 0 Å². The summed E-state index contributed by atoms with van der Waals surface area (Å²) in [5.74, 6) is -1.85. The van der Waals surface area contributed by atoms with Crippen LogP contribution in [0.25, 0.3) is 0 Å². The Morgan fingerprint density at radius 2 is 1.57 bits per heavy atom. The molecule has 0 saturated heterocycles. The molecule has 1 N–H and O–H groups in total. The zero-order valence-corrected chi connectivity index (χ0v) is 15.4. The number of nitrogens with zero attached hydrogens (tertiary/aromatic N) is 1. The maximum Gasteiger partial charge on any atom is 0.261 e. The number of rotatable bonds is 4. The van der Waals surface area contributed by atoms with E-state index >= 15 is 0 Å². The molecule has 0 spiro atoms. The summed E-state index contributed by atoms with van der Waals surface area (Å²) in [7, 11) is 0. The number of anilines is 1. The Morgan fingerprint density at radius 1 is 0.964 bits per heavy atom. The highest BCUT2D eigenvalue weighted by molar-refractivity contribution is 6.21. The van der Waals surface area contributed by atoms with Crippen molar-refractivity contribution in [3.63, 3.8) is 0 Å². The van der Waals surface area contributed by atoms with Crippen molar-refractivity contribution in [1.82, 2.24) is 4.90 Å². The van der Waals surface area contributed by atoms with Crippen molar-refractivity contribution < 1.29 is 18.8 Å². The van der Waals surface area contributed by atoms with E-state index in [2.05, 4.69) is 5.32 Å². The molecule has 1 aliphatic carbocycles. The molecule has 2 aromatic rings. The molecule has 2 aromatic carbocycles. The second-order valence-corrected chi connectivity index (χ2v) is 7.39. The van der Waals surface area contributed by atoms with Gasteiger partial charge in [0.1, 0.15) is 5.82 Å². The van der Waals surface area contributed by atoms with E-state index in [-0.39, 0.29) is 41.8 Å². The molecule has 2 atom stereocenters. The molecule has 1 heterocycles. The highest BCUT2D eigenvalue weighted by Gasteiger charge is 2.40. The number of fused-ring (bicyclic) bond motifs is 1. The fourth-order valence-electron chi connectivity index (χ4n) is 4.20. The van der Waals surface area contributed by atoms with Crippen molar-refractivity contribution in [2.45, 2.75) is 25.7 Å². The molecular weight excluding hydrogens is 359 g/mol. The number of nitrogens with one attached hydrogen (secondary N) is 1. The second kappa shape index (κ2) is 7.54. The SMILES string of the molecule is O=C(Nc1ccccc1F)C1CCCCC1CN1C(=O)c2ccccc2C1=O. The topological polar surface area (TPSA) is 66.5 Å². The third-order valence-electron chi connectivity index (χ3n) is 5.67. The quantitative estimate of drug-likeness (QED) is 0.819. The van der Waals surface area contributed by atoms with Crippen LogP contribution in [0.15, 0.2) is 48.5 Å². The van der Waals surface area contributed by atoms with Crippen LogP contribution in [0.5, 0.6) is 0 Å². The molecule has 28 heavy (non-hydrogen) atoms. The van der Waals surface area contributed by atoms with Crippen LogP contribution in [0.2, 0.25) is 0 Å². The summed E-state index contributed by atoms with van der Waals surface area (Å²) in [6.07, 6.45) is 3.25. The van der Waals surface area contributed by atoms with Gasteiger partial charge in [0.2, 0.25) is 5.91 Å². The van der Waals surface area contributed by atoms with Gasteiger partial charge in [-0.3, -0.25) is 19.3 Å². The van der Waals surface area contributed by atoms with Crippen LogP contribution in [-0.2, 0) is 4.79 Å². The third-order valence-corrected chi connectivity index (χ3v) is 5.67. The summed E-state index contributed by atoms with van der Waals surface area (Å²) < 4.78 is 13.9. The monoisotopic (exact) mass is 380 g/mol. The van der Waals surface area contributed by atoms with Gasteiger partial charge in [0.25, 0.3) is 11.8 Å². The lowest BCUT2D eigenvalue weighted by Crippen LogP contribution is -2.41. The number of para-hydroxylation sites is 1. The Balaban J connectivity index is 1.50. The first kappa shape index (κ1) is 18.3. The maximum atomic E-state index is 13.9. The molecule has 2 unspecified atom stereocenters. The van der Waals surface area contributed by atoms with E-state index in [1.165, 1.54) is 17.0 Å². The van der Waals surface area contributed by atoms with E-state index in [0.29, 0.717) is 17.5 Å². The van der Waals surface area contributed by atoms with Crippen LogP contribution in [0.4, 0.5) is 10.1 Å². The van der Waals surface area contributed by atoms with Gasteiger partial charge in [-0.1, -0.05) is 37.1 Å². The summed E-state index contributed by atoms with van der Waals surface area (Å²) in [5, 5.41) is 2.67. The van der Waals surface area contributed by atoms with E-state index in [4.69, 9.17) is 0 Å². The summed E-state index contributed by atoms with van der Waals surface area (Å²) in [6, 6.07) is 12.8.